The molecule has 0 saturated carbocycles. The summed E-state index contributed by atoms with van der Waals surface area (Å²) >= 11 is 0. The number of Topliss-reactive ketones (excluding diaryl/α,β-unsaturated/α-hetero) is 5. The molecule has 0 fully saturated rings. The third-order valence-corrected chi connectivity index (χ3v) is 12.0. The number of amides is 8. The minimum absolute atomic E-state index is 0.00590. The van der Waals surface area contributed by atoms with E-state index in [1.165, 1.54) is 0 Å². The maximum atomic E-state index is 13.0. The molecule has 0 bridgehead atoms. The highest BCUT2D eigenvalue weighted by Crippen LogP contribution is 2.21. The van der Waals surface area contributed by atoms with Crippen molar-refractivity contribution in [2.75, 3.05) is 13.1 Å². The summed E-state index contributed by atoms with van der Waals surface area (Å²) in [4.78, 5) is 135. The first-order chi connectivity index (χ1) is 35.9. The van der Waals surface area contributed by atoms with Crippen LogP contribution >= 0.6 is 0 Å². The molecule has 12 N–H and O–H groups in total. The number of carbonyl (C=O) groups excluding carboxylic acids is 11. The van der Waals surface area contributed by atoms with Gasteiger partial charge >= 0.3 is 12.1 Å². The second kappa shape index (κ2) is 33.0. The van der Waals surface area contributed by atoms with Crippen molar-refractivity contribution in [1.82, 2.24) is 21.3 Å². The van der Waals surface area contributed by atoms with Crippen LogP contribution in [0.1, 0.15) is 153 Å². The van der Waals surface area contributed by atoms with Crippen molar-refractivity contribution in [1.29, 1.82) is 0 Å². The Morgan fingerprint density at radius 2 is 0.944 bits per heavy atom. The molecule has 0 saturated heterocycles. The van der Waals surface area contributed by atoms with Crippen LogP contribution in [0, 0.1) is 49.4 Å². The van der Waals surface area contributed by atoms with Gasteiger partial charge in [-0.15, -0.1) is 0 Å². The number of ketones is 5. The Kier molecular flexibility index (Phi) is 25.7. The molecule has 0 radical (unpaired) electrons. The molecule has 398 valence electrons. The largest absolute Gasteiger partial charge is 0.369 e. The normalized spacial score (nSPS) is 14.1. The number of hydrogen-bond acceptors (Lipinski definition) is 11. The Morgan fingerprint density at radius 1 is 0.542 bits per heavy atom. The monoisotopic (exact) mass is 1010 g/mol. The van der Waals surface area contributed by atoms with Crippen molar-refractivity contribution in [3.8, 4) is 0 Å². The fourth-order valence-electron chi connectivity index (χ4n) is 7.56. The van der Waals surface area contributed by atoms with Crippen LogP contribution in [0.25, 0.3) is 0 Å². The summed E-state index contributed by atoms with van der Waals surface area (Å²) in [7, 11) is 0. The first-order valence-electron chi connectivity index (χ1n) is 26.7. The third-order valence-electron chi connectivity index (χ3n) is 12.0. The van der Waals surface area contributed by atoms with E-state index in [9.17, 15) is 52.7 Å². The van der Waals surface area contributed by atoms with Gasteiger partial charge in [0.15, 0.2) is 26.0 Å². The zero-order chi connectivity index (χ0) is 57.5. The molecule has 0 aliphatic carbocycles. The van der Waals surface area contributed by atoms with Gasteiger partial charge in [0, 0.05) is 83.2 Å². The van der Waals surface area contributed by atoms with Crippen molar-refractivity contribution in [2.45, 2.75) is 144 Å². The van der Waals surface area contributed by atoms with Crippen LogP contribution in [0.2, 0.25) is 2.82 Å². The lowest BCUT2D eigenvalue weighted by atomic mass is 9.89. The third kappa shape index (κ3) is 25.9. The van der Waals surface area contributed by atoms with Gasteiger partial charge in [-0.3, -0.25) is 43.2 Å². The van der Waals surface area contributed by atoms with Crippen LogP contribution < -0.4 is 44.2 Å². The van der Waals surface area contributed by atoms with Crippen molar-refractivity contribution < 1.29 is 58.3 Å². The Morgan fingerprint density at radius 3 is 1.31 bits per heavy atom. The van der Waals surface area contributed by atoms with Crippen molar-refractivity contribution in [2.24, 2.45) is 58.4 Å². The number of nitrogens with one attached hydrogen (secondary N) is 4. The van der Waals surface area contributed by atoms with Gasteiger partial charge in [0.2, 0.25) is 23.6 Å². The highest BCUT2D eigenvalue weighted by atomic mass is 16.2. The van der Waals surface area contributed by atoms with Gasteiger partial charge in [0.1, 0.15) is 5.78 Å². The Hall–Kier alpha value is -6.79. The number of hydrogen-bond donors (Lipinski definition) is 8. The molecular weight excluding hydrogens is 925 g/mol. The first kappa shape index (κ1) is 56.1. The average Bonchev–Trinajstić information content (AvgIpc) is 3.38. The molecule has 0 aromatic heterocycles. The van der Waals surface area contributed by atoms with E-state index in [1.807, 2.05) is 31.7 Å². The molecule has 2 rings (SSSR count). The van der Waals surface area contributed by atoms with E-state index in [1.54, 1.807) is 69.8 Å². The van der Waals surface area contributed by atoms with Gasteiger partial charge in [-0.1, -0.05) is 94.3 Å². The zero-order valence-electron chi connectivity index (χ0n) is 46.7. The van der Waals surface area contributed by atoms with Gasteiger partial charge in [-0.05, 0) is 77.0 Å². The molecule has 8 amide bonds. The summed E-state index contributed by atoms with van der Waals surface area (Å²) in [5, 5.41) is 10.2. The van der Waals surface area contributed by atoms with Crippen LogP contribution in [0.15, 0.2) is 48.5 Å². The molecule has 72 heavy (non-hydrogen) atoms. The van der Waals surface area contributed by atoms with E-state index >= 15 is 0 Å². The Balaban J connectivity index is 0.000000761. The predicted molar refractivity (Wildman–Crippen MR) is 274 cm³/mol. The molecular formula is C53H80N8O11. The summed E-state index contributed by atoms with van der Waals surface area (Å²) < 4.78 is 29.5. The fourth-order valence-corrected chi connectivity index (χ4v) is 7.56. The maximum Gasteiger partial charge on any atom is 0.312 e. The van der Waals surface area contributed by atoms with Gasteiger partial charge in [-0.25, -0.2) is 9.59 Å². The number of urea groups is 2. The highest BCUT2D eigenvalue weighted by Gasteiger charge is 2.31. The van der Waals surface area contributed by atoms with Gasteiger partial charge in [0.05, 0.1) is 12.1 Å². The smallest absolute Gasteiger partial charge is 0.312 e. The summed E-state index contributed by atoms with van der Waals surface area (Å²) in [6.45, 7) is 10.8. The van der Waals surface area contributed by atoms with Crippen molar-refractivity contribution in [3.63, 3.8) is 0 Å². The number of carbonyl (C=O) groups is 11. The minimum Gasteiger partial charge on any atom is -0.369 e. The quantitative estimate of drug-likeness (QED) is 0.0353. The average molecular weight is 1010 g/mol. The summed E-state index contributed by atoms with van der Waals surface area (Å²) in [5.74, 6) is -6.79. The van der Waals surface area contributed by atoms with Crippen LogP contribution in [0.3, 0.4) is 0 Å². The SMILES string of the molecule is [2H]CC(=O)[C@H](CCC(=O)N[C@H](C(=O)C[C@@H](CCCNC(N)=O)C(=O)N[2H])C(C)C)CC(=O)c1ccc(C)cc1.[2H]CC(CCC(=O)N[C@H](C(=O)C[C@@H](CCCNC(N)=O)C(=O)N[2H])C(C)C)CC(=O)c1ccc(C)cc1. The molecule has 0 aliphatic rings. The second-order valence-corrected chi connectivity index (χ2v) is 19.0. The van der Waals surface area contributed by atoms with E-state index in [0.29, 0.717) is 30.4 Å². The lowest BCUT2D eigenvalue weighted by molar-refractivity contribution is -0.132. The lowest BCUT2D eigenvalue weighted by Crippen LogP contribution is -2.45. The molecule has 6 atom stereocenters. The van der Waals surface area contributed by atoms with Gasteiger partial charge < -0.3 is 44.2 Å². The first-order valence-corrected chi connectivity index (χ1v) is 24.3. The highest BCUT2D eigenvalue weighted by molar-refractivity contribution is 5.99. The number of aryl methyl sites for hydroxylation is 2. The Labute approximate surface area is 430 Å². The predicted octanol–water partition coefficient (Wildman–Crippen LogP) is 4.84. The number of benzene rings is 2. The lowest BCUT2D eigenvalue weighted by Gasteiger charge is -2.23. The van der Waals surface area contributed by atoms with E-state index in [2.05, 4.69) is 21.3 Å². The molecule has 0 spiro atoms. The molecule has 2 aromatic carbocycles. The molecule has 19 heteroatoms. The van der Waals surface area contributed by atoms with Crippen LogP contribution in [0.5, 0.6) is 0 Å². The van der Waals surface area contributed by atoms with E-state index in [4.69, 9.17) is 17.0 Å². The van der Waals surface area contributed by atoms with Crippen molar-refractivity contribution >= 4 is 64.6 Å². The Bertz CT molecular complexity index is 2250. The standard InChI is InChI=1S/C27H40N4O6.C26H40N4O5/c1-16(2)25(23(34)15-21(26(28)36)6-5-13-30-27(29)37)31-24(35)12-11-20(18(4)32)14-22(33)19-9-7-17(3)8-10-19;1-16(2)24(22(32)15-20(25(27)34)6-5-13-29-26(28)35)30-23(33)12-9-18(4)14-21(31)19-10-7-17(3)8-11-19/h7-10,16,20-21,25H,5-6,11-15H2,1-4H3,(H2,28,36)(H,31,35)(H3,29,30,37);7-8,10-11,16,18,20,24H,5-6,9,12-15H2,1-4H3,(H2,27,34)(H,30,33)(H3,28,29,35)/t20-,21-,25+;18?,20-,24+/m11/s1/i2*4D/hD2. The number of primary amides is 4. The van der Waals surface area contributed by atoms with Gasteiger partial charge in [-0.2, -0.15) is 0 Å². The van der Waals surface area contributed by atoms with Crippen LogP contribution in [-0.2, 0) is 33.6 Å². The second-order valence-electron chi connectivity index (χ2n) is 19.0. The molecule has 1 unspecified atom stereocenters. The molecule has 2 aromatic rings. The van der Waals surface area contributed by atoms with E-state index < -0.39 is 72.3 Å². The molecule has 0 aliphatic heterocycles. The summed E-state index contributed by atoms with van der Waals surface area (Å²) in [6.07, 6.45) is 1.25. The van der Waals surface area contributed by atoms with Crippen molar-refractivity contribution in [3.05, 3.63) is 70.8 Å². The topological polar surface area (TPSA) is 340 Å². The maximum absolute atomic E-state index is 13.0. The molecule has 19 nitrogen and oxygen atoms in total. The van der Waals surface area contributed by atoms with Gasteiger partial charge in [0.25, 0.3) is 0 Å². The van der Waals surface area contributed by atoms with E-state index in [0.717, 1.165) is 11.1 Å². The minimum atomic E-state index is -0.901. The number of rotatable bonds is 33. The molecule has 0 heterocycles. The summed E-state index contributed by atoms with van der Waals surface area (Å²) in [5.41, 5.74) is 16.7. The summed E-state index contributed by atoms with van der Waals surface area (Å²) in [6, 6.07) is 11.0. The zero-order valence-corrected chi connectivity index (χ0v) is 42.7. The van der Waals surface area contributed by atoms with E-state index in [-0.39, 0.29) is 125 Å². The number of nitrogens with two attached hydrogens (primary N) is 4. The van der Waals surface area contributed by atoms with Crippen LogP contribution in [-0.4, -0.2) is 89.8 Å². The van der Waals surface area contributed by atoms with Crippen LogP contribution in [0.4, 0.5) is 9.59 Å². The fraction of sp³-hybridized carbons (Fsp3) is 0.566.